The summed E-state index contributed by atoms with van der Waals surface area (Å²) in [4.78, 5) is 24.8. The van der Waals surface area contributed by atoms with Gasteiger partial charge in [-0.2, -0.15) is 5.26 Å². The number of hydrogen-bond acceptors (Lipinski definition) is 7. The SMILES string of the molecule is C#C.C=C(CNC)N1CC(C)(F)CC1C#N.C=O.CC.CC.CCCC(C)C.CNc1cccc2c(C=O)ccnc12. The van der Waals surface area contributed by atoms with E-state index in [1.807, 2.05) is 59.7 Å². The Hall–Kier alpha value is -3.75. The first-order valence-corrected chi connectivity index (χ1v) is 14.4. The van der Waals surface area contributed by atoms with Crippen LogP contribution in [0.15, 0.2) is 42.7 Å². The van der Waals surface area contributed by atoms with E-state index in [1.54, 1.807) is 24.2 Å². The number of carbonyl (C=O) groups excluding carboxylic acids is 2. The number of carbonyl (C=O) groups is 2. The fourth-order valence-corrected chi connectivity index (χ4v) is 3.88. The van der Waals surface area contributed by atoms with Crippen molar-refractivity contribution >= 4 is 29.7 Å². The highest BCUT2D eigenvalue weighted by atomic mass is 19.1. The van der Waals surface area contributed by atoms with E-state index in [0.717, 1.165) is 34.5 Å². The highest BCUT2D eigenvalue weighted by Gasteiger charge is 2.41. The number of hydrogen-bond donors (Lipinski definition) is 2. The van der Waals surface area contributed by atoms with Crippen molar-refractivity contribution in [2.24, 2.45) is 5.92 Å². The van der Waals surface area contributed by atoms with Gasteiger partial charge in [0, 0.05) is 42.9 Å². The third kappa shape index (κ3) is 17.8. The summed E-state index contributed by atoms with van der Waals surface area (Å²) in [6, 6.07) is 9.19. The fraction of sp³-hybridized carbons (Fsp3) is 0.529. The van der Waals surface area contributed by atoms with Crippen LogP contribution < -0.4 is 10.6 Å². The summed E-state index contributed by atoms with van der Waals surface area (Å²) in [6.45, 7) is 23.0. The van der Waals surface area contributed by atoms with Gasteiger partial charge in [-0.3, -0.25) is 9.78 Å². The first-order chi connectivity index (χ1) is 20.1. The summed E-state index contributed by atoms with van der Waals surface area (Å²) in [5.41, 5.74) is 1.95. The Bertz CT molecular complexity index is 1030. The van der Waals surface area contributed by atoms with E-state index in [4.69, 9.17) is 10.1 Å². The first kappa shape index (κ1) is 45.2. The number of alkyl halides is 1. The van der Waals surface area contributed by atoms with Gasteiger partial charge >= 0.3 is 0 Å². The summed E-state index contributed by atoms with van der Waals surface area (Å²) in [5, 5.41) is 15.7. The van der Waals surface area contributed by atoms with Crippen molar-refractivity contribution in [1.29, 1.82) is 5.26 Å². The fourth-order valence-electron chi connectivity index (χ4n) is 3.88. The molecule has 0 amide bonds. The topological polar surface area (TPSA) is 98.1 Å². The average Bonchev–Trinajstić information content (AvgIpc) is 3.35. The highest BCUT2D eigenvalue weighted by Crippen LogP contribution is 2.31. The predicted octanol–water partition coefficient (Wildman–Crippen LogP) is 7.69. The molecule has 0 saturated carbocycles. The molecule has 1 fully saturated rings. The van der Waals surface area contributed by atoms with Gasteiger partial charge in [-0.05, 0) is 32.0 Å². The van der Waals surface area contributed by atoms with E-state index >= 15 is 0 Å². The molecule has 0 aliphatic carbocycles. The number of benzene rings is 1. The van der Waals surface area contributed by atoms with Crippen molar-refractivity contribution in [3.63, 3.8) is 0 Å². The van der Waals surface area contributed by atoms with E-state index in [-0.39, 0.29) is 19.0 Å². The Kier molecular flexibility index (Phi) is 31.0. The molecule has 0 radical (unpaired) electrons. The summed E-state index contributed by atoms with van der Waals surface area (Å²) >= 11 is 0. The van der Waals surface area contributed by atoms with Crippen LogP contribution >= 0.6 is 0 Å². The van der Waals surface area contributed by atoms with Crippen molar-refractivity contribution < 1.29 is 14.0 Å². The van der Waals surface area contributed by atoms with Crippen molar-refractivity contribution in [1.82, 2.24) is 15.2 Å². The van der Waals surface area contributed by atoms with Gasteiger partial charge in [-0.25, -0.2) is 4.39 Å². The Morgan fingerprint density at radius 3 is 2.21 bits per heavy atom. The molecular formula is C34H56FN5O2. The van der Waals surface area contributed by atoms with Gasteiger partial charge in [0.1, 0.15) is 18.5 Å². The molecule has 236 valence electrons. The maximum Gasteiger partial charge on any atom is 0.150 e. The molecule has 2 atom stereocenters. The van der Waals surface area contributed by atoms with Gasteiger partial charge in [-0.15, -0.1) is 12.8 Å². The third-order valence-electron chi connectivity index (χ3n) is 5.50. The van der Waals surface area contributed by atoms with Gasteiger partial charge in [0.2, 0.25) is 0 Å². The van der Waals surface area contributed by atoms with E-state index < -0.39 is 5.67 Å². The number of nitrogens with one attached hydrogen (secondary N) is 2. The van der Waals surface area contributed by atoms with E-state index in [0.29, 0.717) is 12.1 Å². The maximum absolute atomic E-state index is 13.6. The first-order valence-electron chi connectivity index (χ1n) is 14.4. The zero-order valence-electron chi connectivity index (χ0n) is 27.8. The smallest absolute Gasteiger partial charge is 0.150 e. The Balaban J connectivity index is -0.000000242. The number of terminal acetylenes is 1. The van der Waals surface area contributed by atoms with Crippen LogP contribution in [0.3, 0.4) is 0 Å². The molecule has 0 spiro atoms. The van der Waals surface area contributed by atoms with Crippen LogP contribution in [0.4, 0.5) is 10.1 Å². The van der Waals surface area contributed by atoms with Crippen LogP contribution in [0, 0.1) is 30.1 Å². The molecule has 2 aromatic rings. The number of para-hydroxylation sites is 1. The van der Waals surface area contributed by atoms with Crippen LogP contribution in [-0.4, -0.2) is 61.9 Å². The van der Waals surface area contributed by atoms with E-state index in [2.05, 4.69) is 61.9 Å². The third-order valence-corrected chi connectivity index (χ3v) is 5.50. The second-order valence-corrected chi connectivity index (χ2v) is 9.14. The molecule has 2 unspecified atom stereocenters. The van der Waals surface area contributed by atoms with Gasteiger partial charge < -0.3 is 20.3 Å². The number of rotatable bonds is 7. The molecule has 1 aliphatic rings. The minimum Gasteiger partial charge on any atom is -0.386 e. The van der Waals surface area contributed by atoms with Gasteiger partial charge in [0.15, 0.2) is 6.29 Å². The second-order valence-electron chi connectivity index (χ2n) is 9.14. The van der Waals surface area contributed by atoms with Crippen molar-refractivity contribution in [2.75, 3.05) is 32.5 Å². The normalized spacial score (nSPS) is 15.7. The number of likely N-dealkylation sites (N-methyl/N-ethyl adjacent to an activating group) is 1. The van der Waals surface area contributed by atoms with Crippen LogP contribution in [0.1, 0.15) is 85.0 Å². The quantitative estimate of drug-likeness (QED) is 0.254. The Morgan fingerprint density at radius 1 is 1.24 bits per heavy atom. The molecule has 42 heavy (non-hydrogen) atoms. The zero-order chi connectivity index (χ0) is 33.7. The number of aromatic nitrogens is 1. The minimum atomic E-state index is -1.27. The summed E-state index contributed by atoms with van der Waals surface area (Å²) < 4.78 is 13.6. The number of likely N-dealkylation sites (tertiary alicyclic amines) is 1. The molecule has 1 aromatic carbocycles. The Labute approximate surface area is 256 Å². The zero-order valence-corrected chi connectivity index (χ0v) is 27.8. The number of nitriles is 1. The van der Waals surface area contributed by atoms with Crippen LogP contribution in [-0.2, 0) is 4.79 Å². The molecule has 2 N–H and O–H groups in total. The van der Waals surface area contributed by atoms with E-state index in [1.165, 1.54) is 19.8 Å². The number of aldehydes is 1. The number of halogens is 1. The van der Waals surface area contributed by atoms with Gasteiger partial charge in [0.05, 0.1) is 23.8 Å². The number of fused-ring (bicyclic) bond motifs is 1. The molecule has 3 rings (SSSR count). The number of nitrogens with zero attached hydrogens (tertiary/aromatic N) is 3. The largest absolute Gasteiger partial charge is 0.386 e. The lowest BCUT2D eigenvalue weighted by Gasteiger charge is -2.24. The lowest BCUT2D eigenvalue weighted by Crippen LogP contribution is -2.32. The van der Waals surface area contributed by atoms with Crippen molar-refractivity contribution in [3.05, 3.63) is 48.3 Å². The predicted molar refractivity (Wildman–Crippen MR) is 179 cm³/mol. The number of anilines is 1. The number of pyridine rings is 1. The molecule has 1 aliphatic heterocycles. The lowest BCUT2D eigenvalue weighted by molar-refractivity contribution is -0.0980. The molecule has 1 aromatic heterocycles. The van der Waals surface area contributed by atoms with Crippen LogP contribution in [0.2, 0.25) is 0 Å². The van der Waals surface area contributed by atoms with Crippen LogP contribution in [0.25, 0.3) is 10.9 Å². The van der Waals surface area contributed by atoms with Gasteiger partial charge in [-0.1, -0.05) is 80.0 Å². The molecule has 7 nitrogen and oxygen atoms in total. The monoisotopic (exact) mass is 585 g/mol. The van der Waals surface area contributed by atoms with Crippen molar-refractivity contribution in [2.45, 2.75) is 86.4 Å². The highest BCUT2D eigenvalue weighted by molar-refractivity contribution is 6.00. The van der Waals surface area contributed by atoms with Gasteiger partial charge in [0.25, 0.3) is 0 Å². The van der Waals surface area contributed by atoms with E-state index in [9.17, 15) is 9.18 Å². The standard InChI is InChI=1S/C11H10N2O.C10H16FN3.C6H14.2C2H6.C2H2.CH2O/c1-12-10-4-2-3-9-8(7-14)5-6-13-11(9)10;1-8(6-13-3)14-7-10(2,11)4-9(14)5-12;1-4-5-6(2)3;4*1-2/h2-7,12H,1H3;9,13H,1,4,6-7H2,2-3H3;6H,4-5H2,1-3H3;2*1-2H3;1-2H;1H2. The van der Waals surface area contributed by atoms with Crippen molar-refractivity contribution in [3.8, 4) is 18.9 Å². The summed E-state index contributed by atoms with van der Waals surface area (Å²) in [7, 11) is 3.64. The molecular weight excluding hydrogens is 529 g/mol. The summed E-state index contributed by atoms with van der Waals surface area (Å²) in [5.74, 6) is 0.898. The molecule has 8 heteroatoms. The second kappa shape index (κ2) is 28.8. The average molecular weight is 586 g/mol. The van der Waals surface area contributed by atoms with Crippen LogP contribution in [0.5, 0.6) is 0 Å². The molecule has 1 saturated heterocycles. The molecule has 0 bridgehead atoms. The Morgan fingerprint density at radius 2 is 1.81 bits per heavy atom. The minimum absolute atomic E-state index is 0.270. The maximum atomic E-state index is 13.6. The molecule has 2 heterocycles. The lowest BCUT2D eigenvalue weighted by atomic mass is 10.1. The summed E-state index contributed by atoms with van der Waals surface area (Å²) in [6.07, 6.45) is 13.5.